The van der Waals surface area contributed by atoms with E-state index < -0.39 is 6.04 Å². The molecule has 0 aliphatic heterocycles. The van der Waals surface area contributed by atoms with E-state index in [1.165, 1.54) is 6.92 Å². The smallest absolute Gasteiger partial charge is 0.251 e. The molecule has 0 heterocycles. The number of Topliss-reactive ketones (excluding diaryl/α,β-unsaturated/α-hetero) is 1. The zero-order valence-corrected chi connectivity index (χ0v) is 15.6. The maximum absolute atomic E-state index is 12.6. The summed E-state index contributed by atoms with van der Waals surface area (Å²) >= 11 is 1.61. The predicted molar refractivity (Wildman–Crippen MR) is 106 cm³/mol. The fraction of sp³-hybridized carbons (Fsp3) is 0.250. The average Bonchev–Trinajstić information content (AvgIpc) is 2.66. The summed E-state index contributed by atoms with van der Waals surface area (Å²) in [6.07, 6.45) is 2.48. The molecule has 0 aromatic heterocycles. The van der Waals surface area contributed by atoms with Crippen molar-refractivity contribution in [3.05, 3.63) is 65.7 Å². The van der Waals surface area contributed by atoms with Crippen LogP contribution in [0.2, 0.25) is 0 Å². The Balaban J connectivity index is 2.06. The molecule has 0 saturated heterocycles. The van der Waals surface area contributed by atoms with Gasteiger partial charge in [-0.25, -0.2) is 0 Å². The van der Waals surface area contributed by atoms with Crippen molar-refractivity contribution in [2.45, 2.75) is 19.4 Å². The number of hydrogen-bond acceptors (Lipinski definition) is 4. The number of carbonyl (C=O) groups excluding carboxylic acids is 3. The van der Waals surface area contributed by atoms with E-state index in [1.54, 1.807) is 60.3 Å². The maximum Gasteiger partial charge on any atom is 0.251 e. The minimum Gasteiger partial charge on any atom is -0.340 e. The Kier molecular flexibility index (Phi) is 7.41. The highest BCUT2D eigenvalue weighted by molar-refractivity contribution is 7.98. The molecule has 1 atom stereocenters. The second kappa shape index (κ2) is 9.77. The van der Waals surface area contributed by atoms with Gasteiger partial charge in [-0.2, -0.15) is 11.8 Å². The molecule has 1 unspecified atom stereocenters. The van der Waals surface area contributed by atoms with E-state index in [9.17, 15) is 14.4 Å². The second-order valence-corrected chi connectivity index (χ2v) is 6.78. The Morgan fingerprint density at radius 3 is 2.19 bits per heavy atom. The molecule has 5 nitrogen and oxygen atoms in total. The molecule has 0 radical (unpaired) electrons. The lowest BCUT2D eigenvalue weighted by molar-refractivity contribution is -0.118. The number of ketones is 1. The summed E-state index contributed by atoms with van der Waals surface area (Å²) in [6.45, 7) is 1.49. The summed E-state index contributed by atoms with van der Waals surface area (Å²) in [6, 6.07) is 14.9. The Hall–Kier alpha value is -2.60. The largest absolute Gasteiger partial charge is 0.340 e. The third-order valence-electron chi connectivity index (χ3n) is 3.83. The van der Waals surface area contributed by atoms with E-state index in [-0.39, 0.29) is 17.6 Å². The standard InChI is InChI=1S/C20H22N2O3S/c1-14(23)15-8-10-17(11-9-15)21-20(25)18(12-13-26-2)22-19(24)16-6-4-3-5-7-16/h3-11,18H,12-13H2,1-2H3,(H,21,25)(H,22,24). The number of thioether (sulfide) groups is 1. The van der Waals surface area contributed by atoms with Gasteiger partial charge in [-0.3, -0.25) is 14.4 Å². The molecule has 136 valence electrons. The molecule has 2 amide bonds. The van der Waals surface area contributed by atoms with Crippen LogP contribution in [0.1, 0.15) is 34.1 Å². The number of hydrogen-bond donors (Lipinski definition) is 2. The van der Waals surface area contributed by atoms with Crippen LogP contribution in [0.4, 0.5) is 5.69 Å². The quantitative estimate of drug-likeness (QED) is 0.699. The van der Waals surface area contributed by atoms with Crippen LogP contribution < -0.4 is 10.6 Å². The third-order valence-corrected chi connectivity index (χ3v) is 4.47. The first-order chi connectivity index (χ1) is 12.5. The van der Waals surface area contributed by atoms with Crippen LogP contribution in [0.3, 0.4) is 0 Å². The number of amides is 2. The number of carbonyl (C=O) groups is 3. The number of anilines is 1. The lowest BCUT2D eigenvalue weighted by Crippen LogP contribution is -2.44. The topological polar surface area (TPSA) is 75.3 Å². The number of rotatable bonds is 8. The van der Waals surface area contributed by atoms with Crippen molar-refractivity contribution >= 4 is 35.0 Å². The molecule has 0 bridgehead atoms. The molecular weight excluding hydrogens is 348 g/mol. The summed E-state index contributed by atoms with van der Waals surface area (Å²) in [5.41, 5.74) is 1.68. The second-order valence-electron chi connectivity index (χ2n) is 5.80. The Morgan fingerprint density at radius 1 is 0.962 bits per heavy atom. The highest BCUT2D eigenvalue weighted by atomic mass is 32.2. The molecule has 0 fully saturated rings. The molecule has 2 rings (SSSR count). The molecule has 0 saturated carbocycles. The van der Waals surface area contributed by atoms with Crippen molar-refractivity contribution in [1.82, 2.24) is 5.32 Å². The van der Waals surface area contributed by atoms with Crippen LogP contribution in [0.5, 0.6) is 0 Å². The van der Waals surface area contributed by atoms with Gasteiger partial charge < -0.3 is 10.6 Å². The normalized spacial score (nSPS) is 11.5. The zero-order valence-electron chi connectivity index (χ0n) is 14.8. The average molecular weight is 370 g/mol. The van der Waals surface area contributed by atoms with Gasteiger partial charge in [-0.05, 0) is 61.8 Å². The molecule has 0 aliphatic rings. The van der Waals surface area contributed by atoms with Crippen LogP contribution in [-0.4, -0.2) is 35.6 Å². The lowest BCUT2D eigenvalue weighted by Gasteiger charge is -2.18. The highest BCUT2D eigenvalue weighted by Gasteiger charge is 2.21. The maximum atomic E-state index is 12.6. The summed E-state index contributed by atoms with van der Waals surface area (Å²) in [5.74, 6) is 0.157. The van der Waals surface area contributed by atoms with Gasteiger partial charge in [-0.15, -0.1) is 0 Å². The van der Waals surface area contributed by atoms with Gasteiger partial charge in [0.1, 0.15) is 6.04 Å². The summed E-state index contributed by atoms with van der Waals surface area (Å²) in [4.78, 5) is 36.3. The van der Waals surface area contributed by atoms with E-state index in [1.807, 2.05) is 12.3 Å². The highest BCUT2D eigenvalue weighted by Crippen LogP contribution is 2.12. The van der Waals surface area contributed by atoms with Gasteiger partial charge in [0, 0.05) is 16.8 Å². The van der Waals surface area contributed by atoms with E-state index in [2.05, 4.69) is 10.6 Å². The van der Waals surface area contributed by atoms with Gasteiger partial charge in [0.15, 0.2) is 5.78 Å². The molecule has 2 aromatic rings. The number of nitrogens with one attached hydrogen (secondary N) is 2. The van der Waals surface area contributed by atoms with Gasteiger partial charge >= 0.3 is 0 Å². The third kappa shape index (κ3) is 5.74. The van der Waals surface area contributed by atoms with Crippen molar-refractivity contribution in [3.8, 4) is 0 Å². The number of benzene rings is 2. The van der Waals surface area contributed by atoms with Crippen LogP contribution in [0.25, 0.3) is 0 Å². The first-order valence-corrected chi connectivity index (χ1v) is 9.67. The monoisotopic (exact) mass is 370 g/mol. The molecule has 0 aliphatic carbocycles. The van der Waals surface area contributed by atoms with Gasteiger partial charge in [0.2, 0.25) is 5.91 Å². The summed E-state index contributed by atoms with van der Waals surface area (Å²) in [7, 11) is 0. The van der Waals surface area contributed by atoms with E-state index >= 15 is 0 Å². The van der Waals surface area contributed by atoms with Crippen molar-refractivity contribution in [1.29, 1.82) is 0 Å². The Bertz CT molecular complexity index is 760. The van der Waals surface area contributed by atoms with E-state index in [4.69, 9.17) is 0 Å². The van der Waals surface area contributed by atoms with Gasteiger partial charge in [0.05, 0.1) is 0 Å². The van der Waals surface area contributed by atoms with Crippen molar-refractivity contribution in [2.24, 2.45) is 0 Å². The fourth-order valence-electron chi connectivity index (χ4n) is 2.35. The van der Waals surface area contributed by atoms with Crippen LogP contribution in [-0.2, 0) is 4.79 Å². The molecule has 2 aromatic carbocycles. The molecular formula is C20H22N2O3S. The molecule has 0 spiro atoms. The van der Waals surface area contributed by atoms with Crippen LogP contribution >= 0.6 is 11.8 Å². The van der Waals surface area contributed by atoms with Gasteiger partial charge in [0.25, 0.3) is 5.91 Å². The molecule has 26 heavy (non-hydrogen) atoms. The van der Waals surface area contributed by atoms with Crippen molar-refractivity contribution < 1.29 is 14.4 Å². The van der Waals surface area contributed by atoms with E-state index in [0.29, 0.717) is 23.2 Å². The SMILES string of the molecule is CSCCC(NC(=O)c1ccccc1)C(=O)Nc1ccc(C(C)=O)cc1. The van der Waals surface area contributed by atoms with Gasteiger partial charge in [-0.1, -0.05) is 18.2 Å². The lowest BCUT2D eigenvalue weighted by atomic mass is 10.1. The van der Waals surface area contributed by atoms with Crippen molar-refractivity contribution in [2.75, 3.05) is 17.3 Å². The minimum absolute atomic E-state index is 0.0316. The first kappa shape index (κ1) is 19.7. The minimum atomic E-state index is -0.636. The molecule has 6 heteroatoms. The van der Waals surface area contributed by atoms with Crippen LogP contribution in [0, 0.1) is 0 Å². The molecule has 2 N–H and O–H groups in total. The Labute approximate surface area is 157 Å². The predicted octanol–water partition coefficient (Wildman–Crippen LogP) is 3.38. The summed E-state index contributed by atoms with van der Waals surface area (Å²) < 4.78 is 0. The Morgan fingerprint density at radius 2 is 1.62 bits per heavy atom. The fourth-order valence-corrected chi connectivity index (χ4v) is 2.82. The first-order valence-electron chi connectivity index (χ1n) is 8.28. The zero-order chi connectivity index (χ0) is 18.9. The van der Waals surface area contributed by atoms with Crippen molar-refractivity contribution in [3.63, 3.8) is 0 Å². The van der Waals surface area contributed by atoms with Crippen LogP contribution in [0.15, 0.2) is 54.6 Å². The van der Waals surface area contributed by atoms with E-state index in [0.717, 1.165) is 5.75 Å². The summed E-state index contributed by atoms with van der Waals surface area (Å²) in [5, 5.41) is 5.60.